The molecule has 0 radical (unpaired) electrons. The van der Waals surface area contributed by atoms with Gasteiger partial charge in [0.1, 0.15) is 5.82 Å². The van der Waals surface area contributed by atoms with E-state index in [4.69, 9.17) is 10.1 Å². The number of carboxylic acids is 1. The number of aromatic nitrogens is 4. The van der Waals surface area contributed by atoms with E-state index in [1.165, 1.54) is 5.56 Å². The summed E-state index contributed by atoms with van der Waals surface area (Å²) in [6, 6.07) is 7.61. The Bertz CT molecular complexity index is 1080. The molecule has 1 aliphatic heterocycles. The van der Waals surface area contributed by atoms with Crippen molar-refractivity contribution in [1.82, 2.24) is 19.7 Å². The van der Waals surface area contributed by atoms with Gasteiger partial charge in [0.15, 0.2) is 0 Å². The van der Waals surface area contributed by atoms with Gasteiger partial charge in [-0.2, -0.15) is 5.10 Å². The Balaban J connectivity index is 1.41. The second-order valence-corrected chi connectivity index (χ2v) is 8.25. The molecule has 0 fully saturated rings. The molecule has 4 N–H and O–H groups in total. The largest absolute Gasteiger partial charge is 0.481 e. The minimum Gasteiger partial charge on any atom is -0.481 e. The molecule has 33 heavy (non-hydrogen) atoms. The minimum absolute atomic E-state index is 0.00276. The van der Waals surface area contributed by atoms with Crippen molar-refractivity contribution >= 4 is 17.5 Å². The summed E-state index contributed by atoms with van der Waals surface area (Å²) in [7, 11) is 0. The standard InChI is InChI=1S/C24H30N6O3/c31-12-10-26-21-13-18(15-25-16-21)22(14-23(32)33)30-11-8-20(29-30)5-1-4-19-7-6-17-3-2-9-27-24(17)28-19/h6-8,11,13,15-16,22,26,31H,1-5,9-10,12,14H2,(H,27,28)(H,32,33). The third-order valence-electron chi connectivity index (χ3n) is 5.75. The number of anilines is 2. The third kappa shape index (κ3) is 6.07. The number of hydrogen-bond donors (Lipinski definition) is 4. The van der Waals surface area contributed by atoms with E-state index in [1.807, 2.05) is 18.3 Å². The maximum atomic E-state index is 11.5. The van der Waals surface area contributed by atoms with Crippen LogP contribution in [0.4, 0.5) is 11.5 Å². The van der Waals surface area contributed by atoms with Gasteiger partial charge in [0, 0.05) is 37.4 Å². The van der Waals surface area contributed by atoms with E-state index in [1.54, 1.807) is 17.1 Å². The number of aliphatic hydroxyl groups excluding tert-OH is 1. The fourth-order valence-electron chi connectivity index (χ4n) is 4.11. The number of carbonyl (C=O) groups is 1. The smallest absolute Gasteiger partial charge is 0.305 e. The van der Waals surface area contributed by atoms with Crippen LogP contribution in [-0.4, -0.2) is 55.6 Å². The zero-order chi connectivity index (χ0) is 23.0. The van der Waals surface area contributed by atoms with Crippen molar-refractivity contribution in [2.75, 3.05) is 30.3 Å². The van der Waals surface area contributed by atoms with Crippen LogP contribution in [0.25, 0.3) is 0 Å². The predicted octanol–water partition coefficient (Wildman–Crippen LogP) is 2.67. The fourth-order valence-corrected chi connectivity index (χ4v) is 4.11. The van der Waals surface area contributed by atoms with Crippen LogP contribution in [0.1, 0.15) is 47.8 Å². The fraction of sp³-hybridized carbons (Fsp3) is 0.417. The van der Waals surface area contributed by atoms with Crippen LogP contribution in [0.15, 0.2) is 42.9 Å². The number of pyridine rings is 2. The first-order valence-corrected chi connectivity index (χ1v) is 11.4. The van der Waals surface area contributed by atoms with Gasteiger partial charge in [-0.25, -0.2) is 4.98 Å². The lowest BCUT2D eigenvalue weighted by Gasteiger charge is -2.17. The maximum absolute atomic E-state index is 11.5. The third-order valence-corrected chi connectivity index (χ3v) is 5.75. The first-order chi connectivity index (χ1) is 16.1. The van der Waals surface area contributed by atoms with Crippen molar-refractivity contribution in [3.8, 4) is 0 Å². The van der Waals surface area contributed by atoms with Crippen LogP contribution in [0, 0.1) is 0 Å². The summed E-state index contributed by atoms with van der Waals surface area (Å²) < 4.78 is 1.71. The average molecular weight is 451 g/mol. The molecule has 9 heteroatoms. The lowest BCUT2D eigenvalue weighted by atomic mass is 10.1. The van der Waals surface area contributed by atoms with E-state index < -0.39 is 12.0 Å². The molecule has 4 rings (SSSR count). The van der Waals surface area contributed by atoms with E-state index >= 15 is 0 Å². The van der Waals surface area contributed by atoms with Gasteiger partial charge in [0.05, 0.1) is 30.5 Å². The number of aliphatic hydroxyl groups is 1. The van der Waals surface area contributed by atoms with Crippen LogP contribution in [-0.2, 0) is 24.1 Å². The van der Waals surface area contributed by atoms with Gasteiger partial charge in [-0.05, 0) is 61.4 Å². The molecular formula is C24H30N6O3. The van der Waals surface area contributed by atoms with Gasteiger partial charge in [-0.1, -0.05) is 6.07 Å². The number of fused-ring (bicyclic) bond motifs is 1. The van der Waals surface area contributed by atoms with Crippen molar-refractivity contribution in [3.05, 3.63) is 65.4 Å². The Labute approximate surface area is 192 Å². The van der Waals surface area contributed by atoms with E-state index in [9.17, 15) is 9.90 Å². The number of rotatable bonds is 11. The van der Waals surface area contributed by atoms with Crippen LogP contribution >= 0.6 is 0 Å². The zero-order valence-electron chi connectivity index (χ0n) is 18.6. The predicted molar refractivity (Wildman–Crippen MR) is 126 cm³/mol. The van der Waals surface area contributed by atoms with E-state index in [2.05, 4.69) is 32.8 Å². The first kappa shape index (κ1) is 22.7. The molecule has 3 aromatic rings. The average Bonchev–Trinajstić information content (AvgIpc) is 3.30. The molecule has 1 atom stereocenters. The topological polar surface area (TPSA) is 125 Å². The minimum atomic E-state index is -0.905. The molecule has 4 heterocycles. The molecule has 9 nitrogen and oxygen atoms in total. The molecule has 0 amide bonds. The van der Waals surface area contributed by atoms with E-state index in [0.29, 0.717) is 6.54 Å². The Morgan fingerprint density at radius 2 is 2.09 bits per heavy atom. The number of hydrogen-bond acceptors (Lipinski definition) is 7. The Hall–Kier alpha value is -3.46. The highest BCUT2D eigenvalue weighted by Gasteiger charge is 2.20. The summed E-state index contributed by atoms with van der Waals surface area (Å²) in [4.78, 5) is 20.5. The van der Waals surface area contributed by atoms with Crippen molar-refractivity contribution in [2.45, 2.75) is 44.6 Å². The Kier molecular flexibility index (Phi) is 7.51. The lowest BCUT2D eigenvalue weighted by Crippen LogP contribution is -2.17. The highest BCUT2D eigenvalue weighted by molar-refractivity contribution is 5.68. The molecule has 0 spiro atoms. The van der Waals surface area contributed by atoms with Crippen LogP contribution < -0.4 is 10.6 Å². The molecule has 0 bridgehead atoms. The van der Waals surface area contributed by atoms with Gasteiger partial charge >= 0.3 is 5.97 Å². The van der Waals surface area contributed by atoms with Crippen molar-refractivity contribution in [1.29, 1.82) is 0 Å². The summed E-state index contributed by atoms with van der Waals surface area (Å²) in [5.74, 6) is 0.113. The van der Waals surface area contributed by atoms with Gasteiger partial charge in [-0.3, -0.25) is 14.5 Å². The normalized spacial score (nSPS) is 13.7. The summed E-state index contributed by atoms with van der Waals surface area (Å²) in [5.41, 5.74) is 4.77. The van der Waals surface area contributed by atoms with Gasteiger partial charge in [-0.15, -0.1) is 0 Å². The number of aryl methyl sites for hydroxylation is 3. The molecule has 0 saturated carbocycles. The SMILES string of the molecule is O=C(O)CC(c1cncc(NCCO)c1)n1ccc(CCCc2ccc3c(n2)NCCC3)n1. The number of aliphatic carboxylic acids is 1. The molecule has 1 unspecified atom stereocenters. The molecule has 3 aromatic heterocycles. The Morgan fingerprint density at radius 3 is 2.94 bits per heavy atom. The van der Waals surface area contributed by atoms with Crippen LogP contribution in [0.2, 0.25) is 0 Å². The quantitative estimate of drug-likeness (QED) is 0.351. The monoisotopic (exact) mass is 450 g/mol. The molecule has 1 aliphatic rings. The first-order valence-electron chi connectivity index (χ1n) is 11.4. The van der Waals surface area contributed by atoms with Gasteiger partial charge < -0.3 is 20.8 Å². The number of nitrogens with zero attached hydrogens (tertiary/aromatic N) is 4. The van der Waals surface area contributed by atoms with Crippen molar-refractivity contribution in [2.24, 2.45) is 0 Å². The Morgan fingerprint density at radius 1 is 1.21 bits per heavy atom. The summed E-state index contributed by atoms with van der Waals surface area (Å²) in [6.45, 7) is 1.38. The summed E-state index contributed by atoms with van der Waals surface area (Å²) in [5, 5.41) is 29.6. The van der Waals surface area contributed by atoms with Gasteiger partial charge in [0.2, 0.25) is 0 Å². The number of nitrogens with one attached hydrogen (secondary N) is 2. The second-order valence-electron chi connectivity index (χ2n) is 8.25. The number of carboxylic acid groups (broad SMARTS) is 1. The molecular weight excluding hydrogens is 420 g/mol. The summed E-state index contributed by atoms with van der Waals surface area (Å²) in [6.07, 6.45) is 9.84. The highest BCUT2D eigenvalue weighted by atomic mass is 16.4. The van der Waals surface area contributed by atoms with Crippen LogP contribution in [0.5, 0.6) is 0 Å². The van der Waals surface area contributed by atoms with Gasteiger partial charge in [0.25, 0.3) is 0 Å². The maximum Gasteiger partial charge on any atom is 0.305 e. The summed E-state index contributed by atoms with van der Waals surface area (Å²) >= 11 is 0. The van der Waals surface area contributed by atoms with Crippen molar-refractivity contribution < 1.29 is 15.0 Å². The van der Waals surface area contributed by atoms with Crippen molar-refractivity contribution in [3.63, 3.8) is 0 Å². The zero-order valence-corrected chi connectivity index (χ0v) is 18.6. The highest BCUT2D eigenvalue weighted by Crippen LogP contribution is 2.24. The molecule has 0 aromatic carbocycles. The lowest BCUT2D eigenvalue weighted by molar-refractivity contribution is -0.137. The molecule has 0 aliphatic carbocycles. The molecule has 174 valence electrons. The second kappa shape index (κ2) is 10.9. The molecule has 0 saturated heterocycles. The van der Waals surface area contributed by atoms with E-state index in [0.717, 1.165) is 67.1 Å². The van der Waals surface area contributed by atoms with Crippen LogP contribution in [0.3, 0.4) is 0 Å². The van der Waals surface area contributed by atoms with E-state index in [-0.39, 0.29) is 13.0 Å².